The summed E-state index contributed by atoms with van der Waals surface area (Å²) in [5.74, 6) is 0.526. The summed E-state index contributed by atoms with van der Waals surface area (Å²) in [7, 11) is 1.59. The molecule has 8 heteroatoms. The molecule has 2 aromatic rings. The quantitative estimate of drug-likeness (QED) is 0.421. The van der Waals surface area contributed by atoms with E-state index in [0.29, 0.717) is 18.0 Å². The topological polar surface area (TPSA) is 94.3 Å². The molecule has 0 fully saturated rings. The zero-order valence-corrected chi connectivity index (χ0v) is 15.9. The number of nitro groups is 1. The number of amides is 1. The molecule has 0 spiro atoms. The van der Waals surface area contributed by atoms with Crippen LogP contribution in [0, 0.1) is 10.1 Å². The van der Waals surface area contributed by atoms with Crippen LogP contribution in [0.15, 0.2) is 71.4 Å². The molecule has 1 aliphatic heterocycles. The summed E-state index contributed by atoms with van der Waals surface area (Å²) in [6.45, 7) is 2.14. The number of nitrogens with zero attached hydrogens (tertiary/aromatic N) is 3. The summed E-state index contributed by atoms with van der Waals surface area (Å²) in [5.41, 5.74) is 1.50. The van der Waals surface area contributed by atoms with Crippen molar-refractivity contribution in [3.05, 3.63) is 81.9 Å². The minimum Gasteiger partial charge on any atom is -0.496 e. The number of carbonyl (C=O) groups excluding carboxylic acids is 1. The molecule has 29 heavy (non-hydrogen) atoms. The zero-order chi connectivity index (χ0) is 20.8. The molecule has 0 unspecified atom stereocenters. The van der Waals surface area contributed by atoms with Crippen LogP contribution in [-0.4, -0.2) is 30.4 Å². The average Bonchev–Trinajstić information content (AvgIpc) is 3.04. The Morgan fingerprint density at radius 3 is 2.55 bits per heavy atom. The molecule has 0 saturated carbocycles. The molecule has 8 nitrogen and oxygen atoms in total. The van der Waals surface area contributed by atoms with Gasteiger partial charge in [0.05, 0.1) is 24.3 Å². The van der Waals surface area contributed by atoms with Crippen LogP contribution in [0.5, 0.6) is 5.75 Å². The van der Waals surface area contributed by atoms with Crippen molar-refractivity contribution in [2.45, 2.75) is 6.92 Å². The molecule has 1 aliphatic rings. The highest BCUT2D eigenvalue weighted by atomic mass is 16.6. The van der Waals surface area contributed by atoms with Crippen molar-refractivity contribution in [2.75, 3.05) is 18.7 Å². The fourth-order valence-corrected chi connectivity index (χ4v) is 2.72. The molecule has 0 N–H and O–H groups in total. The third-order valence-corrected chi connectivity index (χ3v) is 4.11. The maximum atomic E-state index is 12.8. The number of allylic oxidation sites excluding steroid dienone is 2. The number of non-ortho nitro benzene ring substituents is 1. The smallest absolute Gasteiger partial charge is 0.284 e. The third kappa shape index (κ3) is 4.32. The summed E-state index contributed by atoms with van der Waals surface area (Å²) in [4.78, 5) is 23.2. The van der Waals surface area contributed by atoms with Crippen molar-refractivity contribution in [3.63, 3.8) is 0 Å². The molecule has 2 aromatic carbocycles. The molecular weight excluding hydrogens is 374 g/mol. The minimum absolute atomic E-state index is 0.0649. The number of para-hydroxylation sites is 1. The molecule has 0 aliphatic carbocycles. The second kappa shape index (κ2) is 8.83. The van der Waals surface area contributed by atoms with Crippen molar-refractivity contribution in [1.29, 1.82) is 0 Å². The van der Waals surface area contributed by atoms with Crippen molar-refractivity contribution < 1.29 is 19.2 Å². The van der Waals surface area contributed by atoms with Gasteiger partial charge in [0.25, 0.3) is 11.6 Å². The first kappa shape index (κ1) is 19.8. The van der Waals surface area contributed by atoms with Crippen LogP contribution in [0.25, 0.3) is 6.08 Å². The van der Waals surface area contributed by atoms with Gasteiger partial charge in [-0.05, 0) is 31.2 Å². The first-order chi connectivity index (χ1) is 14.0. The molecule has 3 rings (SSSR count). The summed E-state index contributed by atoms with van der Waals surface area (Å²) >= 11 is 0. The van der Waals surface area contributed by atoms with Gasteiger partial charge >= 0.3 is 0 Å². The number of rotatable bonds is 6. The van der Waals surface area contributed by atoms with Gasteiger partial charge in [0, 0.05) is 17.7 Å². The molecule has 0 bridgehead atoms. The van der Waals surface area contributed by atoms with E-state index in [-0.39, 0.29) is 23.1 Å². The van der Waals surface area contributed by atoms with E-state index in [2.05, 4.69) is 5.10 Å². The molecule has 0 saturated heterocycles. The van der Waals surface area contributed by atoms with E-state index in [4.69, 9.17) is 9.47 Å². The predicted octanol–water partition coefficient (Wildman–Crippen LogP) is 3.94. The normalized spacial score (nSPS) is 15.1. The lowest BCUT2D eigenvalue weighted by atomic mass is 10.1. The lowest BCUT2D eigenvalue weighted by Crippen LogP contribution is -2.21. The van der Waals surface area contributed by atoms with Crippen molar-refractivity contribution >= 4 is 29.3 Å². The average molecular weight is 393 g/mol. The number of benzene rings is 2. The fourth-order valence-electron chi connectivity index (χ4n) is 2.72. The number of carbonyl (C=O) groups is 1. The Morgan fingerprint density at radius 2 is 1.90 bits per heavy atom. The Kier molecular flexibility index (Phi) is 6.03. The summed E-state index contributed by atoms with van der Waals surface area (Å²) < 4.78 is 10.8. The highest BCUT2D eigenvalue weighted by Crippen LogP contribution is 2.26. The molecule has 1 amide bonds. The third-order valence-electron chi connectivity index (χ3n) is 4.11. The summed E-state index contributed by atoms with van der Waals surface area (Å²) in [6, 6.07) is 13.1. The Labute approximate surface area is 167 Å². The molecule has 0 radical (unpaired) electrons. The van der Waals surface area contributed by atoms with Crippen LogP contribution in [0.2, 0.25) is 0 Å². The van der Waals surface area contributed by atoms with E-state index >= 15 is 0 Å². The highest BCUT2D eigenvalue weighted by Gasteiger charge is 2.32. The second-order valence-corrected chi connectivity index (χ2v) is 5.91. The van der Waals surface area contributed by atoms with Crippen LogP contribution in [0.4, 0.5) is 11.4 Å². The molecule has 0 atom stereocenters. The SMILES string of the molecule is CCOC1=NN(c2ccc([N+](=O)[O-])cc2)C(=O)/C1=C/C=C/c1ccccc1OC. The number of nitro benzene ring substituents is 1. The van der Waals surface area contributed by atoms with Gasteiger partial charge in [0.2, 0.25) is 5.90 Å². The summed E-state index contributed by atoms with van der Waals surface area (Å²) in [6.07, 6.45) is 5.16. The van der Waals surface area contributed by atoms with Crippen LogP contribution in [0.1, 0.15) is 12.5 Å². The lowest BCUT2D eigenvalue weighted by molar-refractivity contribution is -0.384. The highest BCUT2D eigenvalue weighted by molar-refractivity contribution is 6.28. The monoisotopic (exact) mass is 393 g/mol. The number of hydrogen-bond donors (Lipinski definition) is 0. The predicted molar refractivity (Wildman–Crippen MR) is 110 cm³/mol. The van der Waals surface area contributed by atoms with E-state index in [1.165, 1.54) is 24.3 Å². The second-order valence-electron chi connectivity index (χ2n) is 5.91. The zero-order valence-electron chi connectivity index (χ0n) is 15.9. The number of ether oxygens (including phenoxy) is 2. The van der Waals surface area contributed by atoms with E-state index in [0.717, 1.165) is 10.6 Å². The molecule has 148 valence electrons. The maximum Gasteiger partial charge on any atom is 0.284 e. The van der Waals surface area contributed by atoms with Crippen LogP contribution >= 0.6 is 0 Å². The van der Waals surface area contributed by atoms with Gasteiger partial charge in [0.15, 0.2) is 0 Å². The lowest BCUT2D eigenvalue weighted by Gasteiger charge is -2.10. The van der Waals surface area contributed by atoms with Gasteiger partial charge in [-0.25, -0.2) is 0 Å². The van der Waals surface area contributed by atoms with Crippen molar-refractivity contribution in [3.8, 4) is 5.75 Å². The maximum absolute atomic E-state index is 12.8. The van der Waals surface area contributed by atoms with Gasteiger partial charge in [0.1, 0.15) is 11.3 Å². The number of anilines is 1. The Morgan fingerprint density at radius 1 is 1.17 bits per heavy atom. The van der Waals surface area contributed by atoms with E-state index in [1.54, 1.807) is 26.2 Å². The Bertz CT molecular complexity index is 1010. The van der Waals surface area contributed by atoms with Gasteiger partial charge in [-0.3, -0.25) is 14.9 Å². The van der Waals surface area contributed by atoms with Crippen LogP contribution in [0.3, 0.4) is 0 Å². The van der Waals surface area contributed by atoms with Crippen molar-refractivity contribution in [1.82, 2.24) is 0 Å². The van der Waals surface area contributed by atoms with Crippen LogP contribution in [-0.2, 0) is 9.53 Å². The number of hydrogen-bond acceptors (Lipinski definition) is 6. The Balaban J connectivity index is 1.87. The van der Waals surface area contributed by atoms with E-state index in [9.17, 15) is 14.9 Å². The van der Waals surface area contributed by atoms with Gasteiger partial charge in [-0.1, -0.05) is 30.4 Å². The first-order valence-electron chi connectivity index (χ1n) is 8.87. The molecular formula is C21H19N3O5. The molecule has 0 aromatic heterocycles. The fraction of sp³-hybridized carbons (Fsp3) is 0.143. The van der Waals surface area contributed by atoms with Crippen molar-refractivity contribution in [2.24, 2.45) is 5.10 Å². The molecule has 1 heterocycles. The largest absolute Gasteiger partial charge is 0.496 e. The first-order valence-corrected chi connectivity index (χ1v) is 8.87. The standard InChI is InChI=1S/C21H19N3O5/c1-3-29-20-18(9-6-8-15-7-4-5-10-19(15)28-2)21(25)23(22-20)16-11-13-17(14-12-16)24(26)27/h4-14H,3H2,1-2H3/b8-6+,18-9+. The Hall–Kier alpha value is -3.94. The summed E-state index contributed by atoms with van der Waals surface area (Å²) in [5, 5.41) is 16.2. The minimum atomic E-state index is -0.502. The van der Waals surface area contributed by atoms with Gasteiger partial charge in [-0.15, -0.1) is 5.10 Å². The number of methoxy groups -OCH3 is 1. The van der Waals surface area contributed by atoms with Gasteiger partial charge in [-0.2, -0.15) is 5.01 Å². The van der Waals surface area contributed by atoms with E-state index < -0.39 is 4.92 Å². The number of hydrazone groups is 1. The van der Waals surface area contributed by atoms with Crippen LogP contribution < -0.4 is 9.75 Å². The van der Waals surface area contributed by atoms with Gasteiger partial charge < -0.3 is 9.47 Å². The van der Waals surface area contributed by atoms with E-state index in [1.807, 2.05) is 30.3 Å².